The van der Waals surface area contributed by atoms with Gasteiger partial charge in [-0.3, -0.25) is 0 Å². The molecule has 0 fully saturated rings. The predicted octanol–water partition coefficient (Wildman–Crippen LogP) is 4.86. The Morgan fingerprint density at radius 1 is 0.857 bits per heavy atom. The molecular formula is C14H26. The van der Waals surface area contributed by atoms with Gasteiger partial charge < -0.3 is 0 Å². The summed E-state index contributed by atoms with van der Waals surface area (Å²) >= 11 is 0. The lowest BCUT2D eigenvalue weighted by Crippen LogP contribution is -1.83. The van der Waals surface area contributed by atoms with Gasteiger partial charge in [-0.05, 0) is 24.0 Å². The molecular weight excluding hydrogens is 168 g/mol. The Morgan fingerprint density at radius 3 is 1.50 bits per heavy atom. The molecule has 1 aromatic carbocycles. The van der Waals surface area contributed by atoms with Gasteiger partial charge in [-0.2, -0.15) is 0 Å². The molecule has 0 nitrogen and oxygen atoms in total. The van der Waals surface area contributed by atoms with Crippen LogP contribution in [0.25, 0.3) is 0 Å². The lowest BCUT2D eigenvalue weighted by molar-refractivity contribution is 1.09. The first kappa shape index (κ1) is 15.7. The Labute approximate surface area is 90.4 Å². The third kappa shape index (κ3) is 6.71. The third-order valence-corrected chi connectivity index (χ3v) is 1.81. The third-order valence-electron chi connectivity index (χ3n) is 1.81. The Bertz CT molecular complexity index is 194. The van der Waals surface area contributed by atoms with Crippen molar-refractivity contribution in [2.75, 3.05) is 0 Å². The van der Waals surface area contributed by atoms with Crippen LogP contribution in [0, 0.1) is 0 Å². The molecule has 0 spiro atoms. The number of hydrogen-bond donors (Lipinski definition) is 0. The fraction of sp³-hybridized carbons (Fsp3) is 0.571. The van der Waals surface area contributed by atoms with Crippen LogP contribution in [0.15, 0.2) is 24.3 Å². The van der Waals surface area contributed by atoms with Crippen LogP contribution >= 0.6 is 0 Å². The molecule has 0 heteroatoms. The summed E-state index contributed by atoms with van der Waals surface area (Å²) < 4.78 is 0. The second kappa shape index (κ2) is 10.3. The van der Waals surface area contributed by atoms with Crippen molar-refractivity contribution in [3.63, 3.8) is 0 Å². The summed E-state index contributed by atoms with van der Waals surface area (Å²) in [6.45, 7) is 8.63. The molecule has 0 aromatic heterocycles. The van der Waals surface area contributed by atoms with E-state index in [1.54, 1.807) is 0 Å². The van der Waals surface area contributed by atoms with E-state index in [9.17, 15) is 0 Å². The van der Waals surface area contributed by atoms with E-state index in [0.29, 0.717) is 0 Å². The summed E-state index contributed by atoms with van der Waals surface area (Å²) in [7, 11) is 0. The zero-order chi connectivity index (χ0) is 10.1. The number of rotatable bonds is 2. The van der Waals surface area contributed by atoms with Gasteiger partial charge in [0, 0.05) is 0 Å². The fourth-order valence-corrected chi connectivity index (χ4v) is 1.07. The maximum atomic E-state index is 2.28. The molecule has 0 saturated heterocycles. The van der Waals surface area contributed by atoms with Crippen molar-refractivity contribution in [2.45, 2.75) is 54.4 Å². The maximum absolute atomic E-state index is 2.28. The number of hydrogen-bond acceptors (Lipinski definition) is 0. The van der Waals surface area contributed by atoms with Crippen molar-refractivity contribution in [3.05, 3.63) is 35.4 Å². The molecule has 0 atom stereocenters. The fourth-order valence-electron chi connectivity index (χ4n) is 1.07. The standard InChI is InChI=1S/C10H14.C3H8.CH4/c1-3-9-6-5-7-10(4-2)8-9;1-3-2;/h5-8H,3-4H2,1-2H3;3H2,1-2H3;1H4. The van der Waals surface area contributed by atoms with Crippen molar-refractivity contribution in [1.82, 2.24) is 0 Å². The normalized spacial score (nSPS) is 8.29. The molecule has 1 rings (SSSR count). The summed E-state index contributed by atoms with van der Waals surface area (Å²) in [6, 6.07) is 8.77. The second-order valence-electron chi connectivity index (χ2n) is 3.23. The molecule has 82 valence electrons. The minimum Gasteiger partial charge on any atom is -0.0776 e. The van der Waals surface area contributed by atoms with Crippen LogP contribution in [0.5, 0.6) is 0 Å². The number of aryl methyl sites for hydroxylation is 2. The molecule has 1 aromatic rings. The SMILES string of the molecule is C.CCC.CCc1cccc(CC)c1. The van der Waals surface area contributed by atoms with E-state index in [0.717, 1.165) is 12.8 Å². The average Bonchev–Trinajstić information content (AvgIpc) is 2.19. The maximum Gasteiger partial charge on any atom is -0.0307 e. The van der Waals surface area contributed by atoms with Crippen molar-refractivity contribution in [2.24, 2.45) is 0 Å². The van der Waals surface area contributed by atoms with Crippen LogP contribution in [-0.2, 0) is 12.8 Å². The highest BCUT2D eigenvalue weighted by Crippen LogP contribution is 2.05. The molecule has 0 N–H and O–H groups in total. The first-order valence-electron chi connectivity index (χ1n) is 5.36. The van der Waals surface area contributed by atoms with Crippen molar-refractivity contribution in [3.8, 4) is 0 Å². The smallest absolute Gasteiger partial charge is 0.0307 e. The highest BCUT2D eigenvalue weighted by atomic mass is 13.9. The predicted molar refractivity (Wildman–Crippen MR) is 67.9 cm³/mol. The lowest BCUT2D eigenvalue weighted by Gasteiger charge is -1.98. The van der Waals surface area contributed by atoms with Gasteiger partial charge in [0.05, 0.1) is 0 Å². The van der Waals surface area contributed by atoms with Gasteiger partial charge in [0.25, 0.3) is 0 Å². The first-order chi connectivity index (χ1) is 6.28. The minimum absolute atomic E-state index is 0. The number of benzene rings is 1. The molecule has 0 radical (unpaired) electrons. The van der Waals surface area contributed by atoms with Gasteiger partial charge >= 0.3 is 0 Å². The summed E-state index contributed by atoms with van der Waals surface area (Å²) in [5, 5.41) is 0. The summed E-state index contributed by atoms with van der Waals surface area (Å²) in [5.74, 6) is 0. The molecule has 0 aliphatic heterocycles. The summed E-state index contributed by atoms with van der Waals surface area (Å²) in [4.78, 5) is 0. The van der Waals surface area contributed by atoms with Crippen molar-refractivity contribution in [1.29, 1.82) is 0 Å². The lowest BCUT2D eigenvalue weighted by atomic mass is 10.1. The van der Waals surface area contributed by atoms with E-state index in [2.05, 4.69) is 52.0 Å². The summed E-state index contributed by atoms with van der Waals surface area (Å²) in [5.41, 5.74) is 2.89. The molecule has 0 unspecified atom stereocenters. The van der Waals surface area contributed by atoms with E-state index in [4.69, 9.17) is 0 Å². The zero-order valence-electron chi connectivity index (χ0n) is 9.43. The highest BCUT2D eigenvalue weighted by molar-refractivity contribution is 5.23. The highest BCUT2D eigenvalue weighted by Gasteiger charge is 1.89. The van der Waals surface area contributed by atoms with Gasteiger partial charge in [0.15, 0.2) is 0 Å². The van der Waals surface area contributed by atoms with Crippen LogP contribution in [0.2, 0.25) is 0 Å². The molecule has 0 bridgehead atoms. The van der Waals surface area contributed by atoms with Crippen molar-refractivity contribution < 1.29 is 0 Å². The van der Waals surface area contributed by atoms with E-state index in [1.165, 1.54) is 17.5 Å². The Hall–Kier alpha value is -0.780. The van der Waals surface area contributed by atoms with E-state index in [-0.39, 0.29) is 7.43 Å². The quantitative estimate of drug-likeness (QED) is 0.630. The van der Waals surface area contributed by atoms with Gasteiger partial charge in [-0.1, -0.05) is 65.8 Å². The van der Waals surface area contributed by atoms with Gasteiger partial charge in [0.1, 0.15) is 0 Å². The molecule has 0 amide bonds. The Balaban J connectivity index is 0. The van der Waals surface area contributed by atoms with Crippen molar-refractivity contribution >= 4 is 0 Å². The van der Waals surface area contributed by atoms with E-state index >= 15 is 0 Å². The molecule has 14 heavy (non-hydrogen) atoms. The van der Waals surface area contributed by atoms with E-state index < -0.39 is 0 Å². The molecule has 0 heterocycles. The van der Waals surface area contributed by atoms with E-state index in [1.807, 2.05) is 0 Å². The van der Waals surface area contributed by atoms with Crippen LogP contribution in [0.1, 0.15) is 52.7 Å². The Kier molecular flexibility index (Phi) is 11.5. The topological polar surface area (TPSA) is 0 Å². The first-order valence-corrected chi connectivity index (χ1v) is 5.36. The van der Waals surface area contributed by atoms with Gasteiger partial charge in [0.2, 0.25) is 0 Å². The summed E-state index contributed by atoms with van der Waals surface area (Å²) in [6.07, 6.45) is 3.54. The van der Waals surface area contributed by atoms with Gasteiger partial charge in [-0.25, -0.2) is 0 Å². The van der Waals surface area contributed by atoms with Crippen LogP contribution in [0.4, 0.5) is 0 Å². The zero-order valence-corrected chi connectivity index (χ0v) is 9.43. The van der Waals surface area contributed by atoms with Gasteiger partial charge in [-0.15, -0.1) is 0 Å². The van der Waals surface area contributed by atoms with Crippen LogP contribution in [0.3, 0.4) is 0 Å². The Morgan fingerprint density at radius 2 is 1.21 bits per heavy atom. The second-order valence-corrected chi connectivity index (χ2v) is 3.23. The van der Waals surface area contributed by atoms with Crippen LogP contribution in [-0.4, -0.2) is 0 Å². The molecule has 0 aliphatic carbocycles. The van der Waals surface area contributed by atoms with Crippen LogP contribution < -0.4 is 0 Å². The molecule has 0 aliphatic rings. The average molecular weight is 194 g/mol. The molecule has 0 saturated carbocycles. The minimum atomic E-state index is 0. The monoisotopic (exact) mass is 194 g/mol. The largest absolute Gasteiger partial charge is 0.0776 e.